The van der Waals surface area contributed by atoms with Gasteiger partial charge in [0.2, 0.25) is 11.8 Å². The summed E-state index contributed by atoms with van der Waals surface area (Å²) in [5, 5.41) is 13.9. The predicted molar refractivity (Wildman–Crippen MR) is 103 cm³/mol. The summed E-state index contributed by atoms with van der Waals surface area (Å²) in [6, 6.07) is 17.3. The van der Waals surface area contributed by atoms with Gasteiger partial charge in [-0.2, -0.15) is 0 Å². The number of nitrogens with one attached hydrogen (secondary N) is 1. The number of amides is 2. The van der Waals surface area contributed by atoms with Crippen molar-refractivity contribution in [3.05, 3.63) is 66.5 Å². The van der Waals surface area contributed by atoms with Crippen LogP contribution in [0.2, 0.25) is 0 Å². The monoisotopic (exact) mass is 376 g/mol. The van der Waals surface area contributed by atoms with E-state index in [1.54, 1.807) is 17.0 Å². The van der Waals surface area contributed by atoms with Crippen LogP contribution in [-0.4, -0.2) is 50.0 Å². The number of benzene rings is 2. The standard InChI is InChI=1S/C20H20N6O2/c27-19-12-16(13-25(19)11-10-15-4-2-1-3-5-15)20(28)22-17-6-8-18(9-7-17)26-14-21-23-24-26/h1-9,14,16H,10-13H2,(H,22,28). The number of tetrazole rings is 1. The fourth-order valence-electron chi connectivity index (χ4n) is 3.29. The Morgan fingerprint density at radius 2 is 1.89 bits per heavy atom. The second-order valence-electron chi connectivity index (χ2n) is 6.77. The van der Waals surface area contributed by atoms with Crippen molar-refractivity contribution in [3.8, 4) is 5.69 Å². The summed E-state index contributed by atoms with van der Waals surface area (Å²) in [7, 11) is 0. The van der Waals surface area contributed by atoms with Gasteiger partial charge in [-0.1, -0.05) is 30.3 Å². The third-order valence-corrected chi connectivity index (χ3v) is 4.85. The molecule has 1 saturated heterocycles. The van der Waals surface area contributed by atoms with Crippen LogP contribution in [0.15, 0.2) is 60.9 Å². The Bertz CT molecular complexity index is 941. The molecule has 0 saturated carbocycles. The van der Waals surface area contributed by atoms with Gasteiger partial charge in [0.25, 0.3) is 0 Å². The van der Waals surface area contributed by atoms with Gasteiger partial charge in [0.1, 0.15) is 6.33 Å². The topological polar surface area (TPSA) is 93.0 Å². The molecule has 2 aromatic carbocycles. The van der Waals surface area contributed by atoms with Crippen LogP contribution < -0.4 is 5.32 Å². The first-order valence-electron chi connectivity index (χ1n) is 9.15. The molecule has 1 aromatic heterocycles. The first-order valence-corrected chi connectivity index (χ1v) is 9.15. The lowest BCUT2D eigenvalue weighted by molar-refractivity contribution is -0.128. The minimum atomic E-state index is -0.331. The Morgan fingerprint density at radius 1 is 1.11 bits per heavy atom. The Kier molecular flexibility index (Phi) is 5.09. The largest absolute Gasteiger partial charge is 0.342 e. The molecule has 2 amide bonds. The summed E-state index contributed by atoms with van der Waals surface area (Å²) < 4.78 is 1.53. The molecule has 0 aliphatic carbocycles. The molecular weight excluding hydrogens is 356 g/mol. The lowest BCUT2D eigenvalue weighted by Gasteiger charge is -2.16. The number of hydrogen-bond donors (Lipinski definition) is 1. The van der Waals surface area contributed by atoms with Gasteiger partial charge < -0.3 is 10.2 Å². The number of rotatable bonds is 6. The van der Waals surface area contributed by atoms with Crippen molar-refractivity contribution in [1.29, 1.82) is 0 Å². The highest BCUT2D eigenvalue weighted by molar-refractivity contribution is 5.97. The number of anilines is 1. The molecule has 1 N–H and O–H groups in total. The maximum Gasteiger partial charge on any atom is 0.229 e. The third-order valence-electron chi connectivity index (χ3n) is 4.85. The van der Waals surface area contributed by atoms with Gasteiger partial charge in [0.15, 0.2) is 0 Å². The van der Waals surface area contributed by atoms with Crippen LogP contribution in [0.1, 0.15) is 12.0 Å². The molecule has 0 spiro atoms. The summed E-state index contributed by atoms with van der Waals surface area (Å²) in [6.07, 6.45) is 2.55. The van der Waals surface area contributed by atoms with Crippen LogP contribution >= 0.6 is 0 Å². The zero-order valence-electron chi connectivity index (χ0n) is 15.2. The maximum absolute atomic E-state index is 12.6. The van der Waals surface area contributed by atoms with E-state index in [1.165, 1.54) is 16.6 Å². The number of nitrogens with zero attached hydrogens (tertiary/aromatic N) is 5. The van der Waals surface area contributed by atoms with Crippen LogP contribution in [0.25, 0.3) is 5.69 Å². The van der Waals surface area contributed by atoms with E-state index in [0.717, 1.165) is 12.1 Å². The Hall–Kier alpha value is -3.55. The highest BCUT2D eigenvalue weighted by Crippen LogP contribution is 2.21. The number of aromatic nitrogens is 4. The molecule has 1 fully saturated rings. The van der Waals surface area contributed by atoms with Gasteiger partial charge in [-0.05, 0) is 46.7 Å². The smallest absolute Gasteiger partial charge is 0.229 e. The van der Waals surface area contributed by atoms with Crippen LogP contribution in [0, 0.1) is 5.92 Å². The number of hydrogen-bond acceptors (Lipinski definition) is 5. The average Bonchev–Trinajstić information content (AvgIpc) is 3.38. The highest BCUT2D eigenvalue weighted by Gasteiger charge is 2.33. The van der Waals surface area contributed by atoms with E-state index in [9.17, 15) is 9.59 Å². The van der Waals surface area contributed by atoms with Crippen molar-refractivity contribution in [2.75, 3.05) is 18.4 Å². The molecule has 0 bridgehead atoms. The van der Waals surface area contributed by atoms with Crippen molar-refractivity contribution in [2.45, 2.75) is 12.8 Å². The molecule has 1 aliphatic heterocycles. The van der Waals surface area contributed by atoms with Crippen molar-refractivity contribution in [3.63, 3.8) is 0 Å². The zero-order chi connectivity index (χ0) is 19.3. The van der Waals surface area contributed by atoms with Gasteiger partial charge >= 0.3 is 0 Å². The molecule has 3 aromatic rings. The highest BCUT2D eigenvalue weighted by atomic mass is 16.2. The van der Waals surface area contributed by atoms with E-state index in [1.807, 2.05) is 42.5 Å². The third kappa shape index (κ3) is 4.06. The van der Waals surface area contributed by atoms with Gasteiger partial charge in [-0.15, -0.1) is 5.10 Å². The van der Waals surface area contributed by atoms with Gasteiger partial charge in [0, 0.05) is 25.2 Å². The molecule has 1 aliphatic rings. The van der Waals surface area contributed by atoms with E-state index in [2.05, 4.69) is 20.8 Å². The molecule has 4 rings (SSSR count). The van der Waals surface area contributed by atoms with E-state index in [0.29, 0.717) is 18.8 Å². The zero-order valence-corrected chi connectivity index (χ0v) is 15.2. The lowest BCUT2D eigenvalue weighted by Crippen LogP contribution is -2.30. The molecule has 1 unspecified atom stereocenters. The minimum Gasteiger partial charge on any atom is -0.342 e. The van der Waals surface area contributed by atoms with Gasteiger partial charge in [-0.3, -0.25) is 9.59 Å². The Morgan fingerprint density at radius 3 is 2.61 bits per heavy atom. The molecule has 2 heterocycles. The first kappa shape index (κ1) is 17.8. The van der Waals surface area contributed by atoms with Crippen LogP contribution in [-0.2, 0) is 16.0 Å². The molecule has 1 atom stereocenters. The number of likely N-dealkylation sites (tertiary alicyclic amines) is 1. The fraction of sp³-hybridized carbons (Fsp3) is 0.250. The lowest BCUT2D eigenvalue weighted by atomic mass is 10.1. The van der Waals surface area contributed by atoms with Crippen LogP contribution in [0.4, 0.5) is 5.69 Å². The van der Waals surface area contributed by atoms with Crippen molar-refractivity contribution in [2.24, 2.45) is 5.92 Å². The van der Waals surface area contributed by atoms with Crippen molar-refractivity contribution in [1.82, 2.24) is 25.1 Å². The van der Waals surface area contributed by atoms with Crippen LogP contribution in [0.3, 0.4) is 0 Å². The van der Waals surface area contributed by atoms with Crippen LogP contribution in [0.5, 0.6) is 0 Å². The molecule has 28 heavy (non-hydrogen) atoms. The van der Waals surface area contributed by atoms with E-state index in [-0.39, 0.29) is 24.2 Å². The molecule has 8 heteroatoms. The van der Waals surface area contributed by atoms with Crippen molar-refractivity contribution >= 4 is 17.5 Å². The molecule has 142 valence electrons. The van der Waals surface area contributed by atoms with E-state index in [4.69, 9.17) is 0 Å². The Balaban J connectivity index is 1.32. The normalized spacial score (nSPS) is 16.4. The summed E-state index contributed by atoms with van der Waals surface area (Å²) in [4.78, 5) is 26.6. The number of carbonyl (C=O) groups is 2. The van der Waals surface area contributed by atoms with Gasteiger partial charge in [-0.25, -0.2) is 4.68 Å². The second kappa shape index (κ2) is 7.99. The predicted octanol–water partition coefficient (Wildman–Crippen LogP) is 1.69. The summed E-state index contributed by atoms with van der Waals surface area (Å²) in [6.45, 7) is 1.09. The fourth-order valence-corrected chi connectivity index (χ4v) is 3.29. The SMILES string of the molecule is O=C(Nc1ccc(-n2cnnn2)cc1)C1CC(=O)N(CCc2ccccc2)C1. The molecular formula is C20H20N6O2. The molecule has 0 radical (unpaired) electrons. The quantitative estimate of drug-likeness (QED) is 0.707. The van der Waals surface area contributed by atoms with Gasteiger partial charge in [0.05, 0.1) is 11.6 Å². The summed E-state index contributed by atoms with van der Waals surface area (Å²) in [5.41, 5.74) is 2.66. The Labute approximate surface area is 162 Å². The summed E-state index contributed by atoms with van der Waals surface area (Å²) in [5.74, 6) is -0.432. The maximum atomic E-state index is 12.6. The van der Waals surface area contributed by atoms with Crippen molar-refractivity contribution < 1.29 is 9.59 Å². The first-order chi connectivity index (χ1) is 13.7. The second-order valence-corrected chi connectivity index (χ2v) is 6.77. The van der Waals surface area contributed by atoms with E-state index >= 15 is 0 Å². The molecule has 8 nitrogen and oxygen atoms in total. The average molecular weight is 376 g/mol. The van der Waals surface area contributed by atoms with E-state index < -0.39 is 0 Å². The number of carbonyl (C=O) groups excluding carboxylic acids is 2. The summed E-state index contributed by atoms with van der Waals surface area (Å²) >= 11 is 0. The minimum absolute atomic E-state index is 0.0325.